The quantitative estimate of drug-likeness (QED) is 0.474. The van der Waals surface area contributed by atoms with Gasteiger partial charge in [0.15, 0.2) is 0 Å². The monoisotopic (exact) mass is 457 g/mol. The zero-order valence-corrected chi connectivity index (χ0v) is 19.9. The Kier molecular flexibility index (Phi) is 6.84. The van der Waals surface area contributed by atoms with E-state index in [1.54, 1.807) is 16.2 Å². The Morgan fingerprint density at radius 2 is 1.76 bits per heavy atom. The highest BCUT2D eigenvalue weighted by Gasteiger charge is 2.29. The van der Waals surface area contributed by atoms with E-state index in [0.717, 1.165) is 21.7 Å². The van der Waals surface area contributed by atoms with E-state index in [-0.39, 0.29) is 18.2 Å². The molecule has 3 aromatic rings. The fraction of sp³-hybridized carbons (Fsp3) is 0.222. The number of thiophene rings is 1. The zero-order chi connectivity index (χ0) is 23.4. The van der Waals surface area contributed by atoms with E-state index in [0.29, 0.717) is 24.0 Å². The summed E-state index contributed by atoms with van der Waals surface area (Å²) in [6.07, 6.45) is 2.14. The molecule has 33 heavy (non-hydrogen) atoms. The molecule has 2 heterocycles. The molecule has 4 rings (SSSR count). The van der Waals surface area contributed by atoms with E-state index in [1.165, 1.54) is 4.88 Å². The number of amidine groups is 1. The molecule has 0 saturated carbocycles. The lowest BCUT2D eigenvalue weighted by Crippen LogP contribution is -2.30. The summed E-state index contributed by atoms with van der Waals surface area (Å²) in [4.78, 5) is 33.7. The maximum Gasteiger partial charge on any atom is 0.282 e. The smallest absolute Gasteiger partial charge is 0.282 e. The Balaban J connectivity index is 1.40. The van der Waals surface area contributed by atoms with Crippen LogP contribution in [0.4, 0.5) is 5.69 Å². The van der Waals surface area contributed by atoms with Crippen LogP contribution in [0.25, 0.3) is 6.08 Å². The van der Waals surface area contributed by atoms with Gasteiger partial charge in [-0.25, -0.2) is 4.99 Å². The van der Waals surface area contributed by atoms with Gasteiger partial charge in [0.2, 0.25) is 5.91 Å². The van der Waals surface area contributed by atoms with Gasteiger partial charge >= 0.3 is 0 Å². The van der Waals surface area contributed by atoms with Crippen molar-refractivity contribution in [3.05, 3.63) is 93.3 Å². The van der Waals surface area contributed by atoms with Gasteiger partial charge in [-0.2, -0.15) is 0 Å². The van der Waals surface area contributed by atoms with Gasteiger partial charge in [-0.05, 0) is 54.3 Å². The Morgan fingerprint density at radius 3 is 2.42 bits per heavy atom. The minimum atomic E-state index is -0.139. The lowest BCUT2D eigenvalue weighted by Gasteiger charge is -2.16. The average molecular weight is 458 g/mol. The highest BCUT2D eigenvalue weighted by Crippen LogP contribution is 2.29. The van der Waals surface area contributed by atoms with E-state index in [4.69, 9.17) is 0 Å². The second-order valence-electron chi connectivity index (χ2n) is 8.33. The predicted molar refractivity (Wildman–Crippen MR) is 135 cm³/mol. The summed E-state index contributed by atoms with van der Waals surface area (Å²) in [5.74, 6) is 0.922. The van der Waals surface area contributed by atoms with Crippen LogP contribution >= 0.6 is 11.3 Å². The van der Waals surface area contributed by atoms with Gasteiger partial charge < -0.3 is 5.32 Å². The van der Waals surface area contributed by atoms with Gasteiger partial charge in [0.25, 0.3) is 5.91 Å². The standard InChI is InChI=1S/C27H27N3O2S/c1-18(2)25-14-13-23(33-25)16-24-27(32)30(19(3)29-24)22-11-9-20(10-12-22)15-26(31)28-17-21-7-5-4-6-8-21/h4-14,16,18H,15,17H2,1-3H3,(H,28,31)/b24-16-. The number of carbonyl (C=O) groups is 2. The number of nitrogens with zero attached hydrogens (tertiary/aromatic N) is 2. The lowest BCUT2D eigenvalue weighted by atomic mass is 10.1. The molecule has 0 saturated heterocycles. The summed E-state index contributed by atoms with van der Waals surface area (Å²) < 4.78 is 0. The van der Waals surface area contributed by atoms with Gasteiger partial charge in [-0.15, -0.1) is 11.3 Å². The van der Waals surface area contributed by atoms with Crippen molar-refractivity contribution in [3.8, 4) is 0 Å². The van der Waals surface area contributed by atoms with Crippen molar-refractivity contribution in [3.63, 3.8) is 0 Å². The fourth-order valence-corrected chi connectivity index (χ4v) is 4.58. The molecule has 0 bridgehead atoms. The van der Waals surface area contributed by atoms with E-state index < -0.39 is 0 Å². The summed E-state index contributed by atoms with van der Waals surface area (Å²) in [6, 6.07) is 21.5. The third-order valence-electron chi connectivity index (χ3n) is 5.42. The van der Waals surface area contributed by atoms with Gasteiger partial charge in [0.1, 0.15) is 11.5 Å². The minimum absolute atomic E-state index is 0.0384. The van der Waals surface area contributed by atoms with Crippen LogP contribution in [0, 0.1) is 0 Å². The summed E-state index contributed by atoms with van der Waals surface area (Å²) >= 11 is 1.68. The normalized spacial score (nSPS) is 14.8. The van der Waals surface area contributed by atoms with Gasteiger partial charge in [-0.3, -0.25) is 14.5 Å². The molecular formula is C27H27N3O2S. The highest BCUT2D eigenvalue weighted by atomic mass is 32.1. The molecule has 0 aliphatic carbocycles. The van der Waals surface area contributed by atoms with Crippen molar-refractivity contribution in [1.29, 1.82) is 0 Å². The average Bonchev–Trinajstić information content (AvgIpc) is 3.38. The van der Waals surface area contributed by atoms with Crippen LogP contribution in [0.5, 0.6) is 0 Å². The molecule has 0 unspecified atom stereocenters. The molecule has 6 heteroatoms. The topological polar surface area (TPSA) is 61.8 Å². The molecule has 0 radical (unpaired) electrons. The van der Waals surface area contributed by atoms with E-state index in [1.807, 2.05) is 73.7 Å². The maximum atomic E-state index is 13.0. The van der Waals surface area contributed by atoms with E-state index in [9.17, 15) is 9.59 Å². The molecule has 0 atom stereocenters. The summed E-state index contributed by atoms with van der Waals surface area (Å²) in [6.45, 7) is 6.65. The van der Waals surface area contributed by atoms with Crippen molar-refractivity contribution in [1.82, 2.24) is 5.32 Å². The second-order valence-corrected chi connectivity index (χ2v) is 9.48. The number of carbonyl (C=O) groups excluding carboxylic acids is 2. The van der Waals surface area contributed by atoms with Crippen LogP contribution in [0.2, 0.25) is 0 Å². The van der Waals surface area contributed by atoms with Crippen molar-refractivity contribution < 1.29 is 9.59 Å². The first-order chi connectivity index (χ1) is 15.9. The summed E-state index contributed by atoms with van der Waals surface area (Å²) in [5.41, 5.74) is 3.14. The first-order valence-corrected chi connectivity index (χ1v) is 11.8. The Labute approximate surface area is 198 Å². The van der Waals surface area contributed by atoms with Gasteiger partial charge in [0, 0.05) is 16.3 Å². The van der Waals surface area contributed by atoms with Gasteiger partial charge in [0.05, 0.1) is 12.1 Å². The second kappa shape index (κ2) is 9.96. The Bertz CT molecular complexity index is 1210. The molecule has 2 amide bonds. The number of hydrogen-bond donors (Lipinski definition) is 1. The lowest BCUT2D eigenvalue weighted by molar-refractivity contribution is -0.120. The van der Waals surface area contributed by atoms with E-state index >= 15 is 0 Å². The molecule has 1 N–H and O–H groups in total. The van der Waals surface area contributed by atoms with Crippen LogP contribution < -0.4 is 10.2 Å². The predicted octanol–water partition coefficient (Wildman–Crippen LogP) is 5.54. The van der Waals surface area contributed by atoms with Crippen LogP contribution in [-0.4, -0.2) is 17.6 Å². The number of nitrogens with one attached hydrogen (secondary N) is 1. The van der Waals surface area contributed by atoms with Crippen molar-refractivity contribution >= 4 is 40.8 Å². The number of rotatable bonds is 7. The largest absolute Gasteiger partial charge is 0.352 e. The van der Waals surface area contributed by atoms with Crippen molar-refractivity contribution in [2.45, 2.75) is 39.7 Å². The Hall–Kier alpha value is -3.51. The maximum absolute atomic E-state index is 13.0. The molecule has 168 valence electrons. The number of anilines is 1. The van der Waals surface area contributed by atoms with Crippen LogP contribution in [0.3, 0.4) is 0 Å². The third-order valence-corrected chi connectivity index (χ3v) is 6.75. The zero-order valence-electron chi connectivity index (χ0n) is 19.0. The summed E-state index contributed by atoms with van der Waals surface area (Å²) in [7, 11) is 0. The number of benzene rings is 2. The van der Waals surface area contributed by atoms with Crippen LogP contribution in [-0.2, 0) is 22.6 Å². The molecule has 1 aliphatic rings. The van der Waals surface area contributed by atoms with Crippen molar-refractivity contribution in [2.24, 2.45) is 4.99 Å². The third kappa shape index (κ3) is 5.46. The molecule has 0 spiro atoms. The number of amides is 2. The van der Waals surface area contributed by atoms with Gasteiger partial charge in [-0.1, -0.05) is 56.3 Å². The first-order valence-electron chi connectivity index (χ1n) is 11.0. The molecule has 0 fully saturated rings. The summed E-state index contributed by atoms with van der Waals surface area (Å²) in [5, 5.41) is 2.94. The SMILES string of the molecule is CC1=N/C(=C\c2ccc(C(C)C)s2)C(=O)N1c1ccc(CC(=O)NCc2ccccc2)cc1. The molecular weight excluding hydrogens is 430 g/mol. The Morgan fingerprint density at radius 1 is 1.03 bits per heavy atom. The first kappa shape index (κ1) is 22.7. The molecule has 2 aromatic carbocycles. The highest BCUT2D eigenvalue weighted by molar-refractivity contribution is 7.13. The van der Waals surface area contributed by atoms with Crippen LogP contribution in [0.15, 0.2) is 77.4 Å². The van der Waals surface area contributed by atoms with E-state index in [2.05, 4.69) is 30.2 Å². The molecule has 1 aliphatic heterocycles. The number of hydrogen-bond acceptors (Lipinski definition) is 4. The number of aliphatic imine (C=N–C) groups is 1. The fourth-order valence-electron chi connectivity index (χ4n) is 3.63. The molecule has 1 aromatic heterocycles. The minimum Gasteiger partial charge on any atom is -0.352 e. The van der Waals surface area contributed by atoms with Crippen LogP contribution in [0.1, 0.15) is 47.6 Å². The molecule has 5 nitrogen and oxygen atoms in total. The van der Waals surface area contributed by atoms with Crippen molar-refractivity contribution in [2.75, 3.05) is 4.90 Å².